The molecule has 5 heteroatoms. The van der Waals surface area contributed by atoms with Crippen LogP contribution in [0, 0.1) is 0 Å². The van der Waals surface area contributed by atoms with Gasteiger partial charge in [0, 0.05) is 24.3 Å². The molecule has 0 bridgehead atoms. The van der Waals surface area contributed by atoms with Gasteiger partial charge >= 0.3 is 0 Å². The summed E-state index contributed by atoms with van der Waals surface area (Å²) in [6, 6.07) is 3.89. The van der Waals surface area contributed by atoms with Gasteiger partial charge in [-0.1, -0.05) is 6.07 Å². The maximum atomic E-state index is 11.9. The summed E-state index contributed by atoms with van der Waals surface area (Å²) < 4.78 is 0. The van der Waals surface area contributed by atoms with Crippen molar-refractivity contribution in [2.45, 2.75) is 6.42 Å². The Bertz CT molecular complexity index is 455. The number of rotatable bonds is 3. The molecule has 2 heterocycles. The molecule has 2 aromatic heterocycles. The third kappa shape index (κ3) is 2.43. The van der Waals surface area contributed by atoms with Crippen LogP contribution in [-0.4, -0.2) is 22.9 Å². The van der Waals surface area contributed by atoms with Gasteiger partial charge < -0.3 is 0 Å². The molecule has 0 aliphatic rings. The van der Waals surface area contributed by atoms with Crippen molar-refractivity contribution in [1.29, 1.82) is 0 Å². The number of aromatic nitrogens is 2. The van der Waals surface area contributed by atoms with Gasteiger partial charge in [-0.05, 0) is 11.4 Å². The summed E-state index contributed by atoms with van der Waals surface area (Å²) in [5, 5.41) is 1.96. The van der Waals surface area contributed by atoms with Gasteiger partial charge in [0.2, 0.25) is 5.91 Å². The standard InChI is InChI=1S/C11H11N3OS/c1-14(10-8-12-4-5-13-10)11(15)7-9-3-2-6-16-9/h2-6,8H,7H2,1H3. The molecule has 1 amide bonds. The zero-order chi connectivity index (χ0) is 11.4. The van der Waals surface area contributed by atoms with Crippen LogP contribution < -0.4 is 4.90 Å². The van der Waals surface area contributed by atoms with Crippen LogP contribution in [0.2, 0.25) is 0 Å². The minimum Gasteiger partial charge on any atom is -0.298 e. The van der Waals surface area contributed by atoms with Gasteiger partial charge in [0.1, 0.15) is 0 Å². The number of anilines is 1. The number of thiophene rings is 1. The molecule has 0 N–H and O–H groups in total. The predicted octanol–water partition coefficient (Wildman–Crippen LogP) is 1.74. The lowest BCUT2D eigenvalue weighted by Gasteiger charge is -2.14. The van der Waals surface area contributed by atoms with Crippen LogP contribution in [0.1, 0.15) is 4.88 Å². The van der Waals surface area contributed by atoms with Crippen molar-refractivity contribution in [3.8, 4) is 0 Å². The average molecular weight is 233 g/mol. The van der Waals surface area contributed by atoms with Gasteiger partial charge in [0.25, 0.3) is 0 Å². The second-order valence-electron chi connectivity index (χ2n) is 3.27. The Morgan fingerprint density at radius 3 is 3.00 bits per heavy atom. The van der Waals surface area contributed by atoms with Crippen molar-refractivity contribution in [1.82, 2.24) is 9.97 Å². The normalized spacial score (nSPS) is 10.1. The van der Waals surface area contributed by atoms with Crippen LogP contribution in [0.4, 0.5) is 5.82 Å². The molecule has 0 unspecified atom stereocenters. The predicted molar refractivity (Wildman–Crippen MR) is 63.5 cm³/mol. The Labute approximate surface area is 97.6 Å². The molecule has 0 saturated heterocycles. The van der Waals surface area contributed by atoms with Crippen LogP contribution >= 0.6 is 11.3 Å². The maximum Gasteiger partial charge on any atom is 0.233 e. The van der Waals surface area contributed by atoms with E-state index in [0.717, 1.165) is 4.88 Å². The van der Waals surface area contributed by atoms with E-state index in [9.17, 15) is 4.79 Å². The first-order valence-corrected chi connectivity index (χ1v) is 5.70. The van der Waals surface area contributed by atoms with Crippen molar-refractivity contribution in [3.63, 3.8) is 0 Å². The summed E-state index contributed by atoms with van der Waals surface area (Å²) in [6.07, 6.45) is 5.14. The van der Waals surface area contributed by atoms with E-state index in [-0.39, 0.29) is 5.91 Å². The molecule has 0 aliphatic heterocycles. The number of nitrogens with zero attached hydrogens (tertiary/aromatic N) is 3. The molecule has 82 valence electrons. The molecule has 2 aromatic rings. The van der Waals surface area contributed by atoms with Crippen LogP contribution in [0.5, 0.6) is 0 Å². The number of likely N-dealkylation sites (N-methyl/N-ethyl adjacent to an activating group) is 1. The van der Waals surface area contributed by atoms with Gasteiger partial charge in [-0.2, -0.15) is 0 Å². The van der Waals surface area contributed by atoms with Gasteiger partial charge in [-0.3, -0.25) is 14.7 Å². The summed E-state index contributed by atoms with van der Waals surface area (Å²) in [7, 11) is 1.71. The van der Waals surface area contributed by atoms with E-state index < -0.39 is 0 Å². The Morgan fingerprint density at radius 2 is 2.38 bits per heavy atom. The third-order valence-corrected chi connectivity index (χ3v) is 3.05. The van der Waals surface area contributed by atoms with E-state index in [1.54, 1.807) is 37.0 Å². The zero-order valence-corrected chi connectivity index (χ0v) is 9.65. The highest BCUT2D eigenvalue weighted by Gasteiger charge is 2.12. The quantitative estimate of drug-likeness (QED) is 0.811. The highest BCUT2D eigenvalue weighted by atomic mass is 32.1. The largest absolute Gasteiger partial charge is 0.298 e. The van der Waals surface area contributed by atoms with Gasteiger partial charge in [0.05, 0.1) is 12.6 Å². The molecule has 0 spiro atoms. The van der Waals surface area contributed by atoms with Gasteiger partial charge in [0.15, 0.2) is 5.82 Å². The zero-order valence-electron chi connectivity index (χ0n) is 8.83. The van der Waals surface area contributed by atoms with Crippen molar-refractivity contribution >= 4 is 23.1 Å². The molecule has 0 atom stereocenters. The molecule has 0 aromatic carbocycles. The topological polar surface area (TPSA) is 46.1 Å². The fourth-order valence-corrected chi connectivity index (χ4v) is 1.97. The lowest BCUT2D eigenvalue weighted by Crippen LogP contribution is -2.28. The number of hydrogen-bond donors (Lipinski definition) is 0. The first kappa shape index (κ1) is 10.8. The first-order chi connectivity index (χ1) is 7.77. The van der Waals surface area contributed by atoms with Crippen molar-refractivity contribution in [2.75, 3.05) is 11.9 Å². The Morgan fingerprint density at radius 1 is 1.50 bits per heavy atom. The molecule has 0 aliphatic carbocycles. The van der Waals surface area contributed by atoms with E-state index in [1.165, 1.54) is 4.90 Å². The van der Waals surface area contributed by atoms with E-state index in [4.69, 9.17) is 0 Å². The summed E-state index contributed by atoms with van der Waals surface area (Å²) in [5.41, 5.74) is 0. The average Bonchev–Trinajstić information content (AvgIpc) is 2.82. The Balaban J connectivity index is 2.05. The highest BCUT2D eigenvalue weighted by molar-refractivity contribution is 7.10. The van der Waals surface area contributed by atoms with E-state index in [0.29, 0.717) is 12.2 Å². The van der Waals surface area contributed by atoms with E-state index in [2.05, 4.69) is 9.97 Å². The number of carbonyl (C=O) groups is 1. The molecule has 0 radical (unpaired) electrons. The molecule has 0 saturated carbocycles. The number of amides is 1. The second kappa shape index (κ2) is 4.85. The fraction of sp³-hybridized carbons (Fsp3) is 0.182. The summed E-state index contributed by atoms with van der Waals surface area (Å²) >= 11 is 1.58. The van der Waals surface area contributed by atoms with E-state index >= 15 is 0 Å². The second-order valence-corrected chi connectivity index (χ2v) is 4.30. The summed E-state index contributed by atoms with van der Waals surface area (Å²) in [5.74, 6) is 0.590. The summed E-state index contributed by atoms with van der Waals surface area (Å²) in [6.45, 7) is 0. The van der Waals surface area contributed by atoms with Crippen LogP contribution in [0.3, 0.4) is 0 Å². The van der Waals surface area contributed by atoms with Crippen LogP contribution in [0.25, 0.3) is 0 Å². The third-order valence-electron chi connectivity index (χ3n) is 2.17. The first-order valence-electron chi connectivity index (χ1n) is 4.82. The molecular formula is C11H11N3OS. The van der Waals surface area contributed by atoms with Gasteiger partial charge in [-0.15, -0.1) is 11.3 Å². The Hall–Kier alpha value is -1.75. The number of carbonyl (C=O) groups excluding carboxylic acids is 1. The maximum absolute atomic E-state index is 11.9. The van der Waals surface area contributed by atoms with Gasteiger partial charge in [-0.25, -0.2) is 4.98 Å². The van der Waals surface area contributed by atoms with Crippen molar-refractivity contribution in [2.24, 2.45) is 0 Å². The smallest absolute Gasteiger partial charge is 0.233 e. The molecule has 16 heavy (non-hydrogen) atoms. The molecule has 2 rings (SSSR count). The monoisotopic (exact) mass is 233 g/mol. The number of hydrogen-bond acceptors (Lipinski definition) is 4. The molecular weight excluding hydrogens is 222 g/mol. The van der Waals surface area contributed by atoms with Crippen molar-refractivity contribution < 1.29 is 4.79 Å². The van der Waals surface area contributed by atoms with E-state index in [1.807, 2.05) is 17.5 Å². The van der Waals surface area contributed by atoms with Crippen LogP contribution in [0.15, 0.2) is 36.1 Å². The fourth-order valence-electron chi connectivity index (χ4n) is 1.27. The molecule has 0 fully saturated rings. The minimum atomic E-state index is 0.0166. The van der Waals surface area contributed by atoms with Crippen molar-refractivity contribution in [3.05, 3.63) is 41.0 Å². The Kier molecular flexibility index (Phi) is 3.26. The SMILES string of the molecule is CN(C(=O)Cc1cccs1)c1cnccn1. The minimum absolute atomic E-state index is 0.0166. The lowest BCUT2D eigenvalue weighted by molar-refractivity contribution is -0.117. The van der Waals surface area contributed by atoms with Crippen LogP contribution in [-0.2, 0) is 11.2 Å². The summed E-state index contributed by atoms with van der Waals surface area (Å²) in [4.78, 5) is 22.5. The molecule has 4 nitrogen and oxygen atoms in total. The highest BCUT2D eigenvalue weighted by Crippen LogP contribution is 2.12. The lowest BCUT2D eigenvalue weighted by atomic mass is 10.3.